The van der Waals surface area contributed by atoms with Gasteiger partial charge in [0.1, 0.15) is 5.82 Å². The third kappa shape index (κ3) is 5.43. The molecule has 1 fully saturated rings. The Hall–Kier alpha value is -1.63. The van der Waals surface area contributed by atoms with Crippen molar-refractivity contribution in [2.45, 2.75) is 38.1 Å². The highest BCUT2D eigenvalue weighted by atomic mass is 35.5. The average molecular weight is 404 g/mol. The van der Waals surface area contributed by atoms with Gasteiger partial charge in [-0.25, -0.2) is 9.37 Å². The molecule has 0 radical (unpaired) electrons. The largest absolute Gasteiger partial charge is 0.441 e. The van der Waals surface area contributed by atoms with Gasteiger partial charge in [0.15, 0.2) is 11.7 Å². The van der Waals surface area contributed by atoms with Crippen LogP contribution in [0.2, 0.25) is 0 Å². The van der Waals surface area contributed by atoms with Gasteiger partial charge >= 0.3 is 0 Å². The number of aryl methyl sites for hydroxylation is 1. The maximum atomic E-state index is 13.7. The third-order valence-corrected chi connectivity index (χ3v) is 4.57. The van der Waals surface area contributed by atoms with E-state index in [0.717, 1.165) is 19.3 Å². The molecule has 0 aliphatic heterocycles. The summed E-state index contributed by atoms with van der Waals surface area (Å²) in [7, 11) is 0. The van der Waals surface area contributed by atoms with Crippen LogP contribution >= 0.6 is 24.8 Å². The van der Waals surface area contributed by atoms with Gasteiger partial charge in [-0.2, -0.15) is 0 Å². The van der Waals surface area contributed by atoms with Crippen molar-refractivity contribution in [3.05, 3.63) is 42.2 Å². The lowest BCUT2D eigenvalue weighted by Gasteiger charge is -2.19. The van der Waals surface area contributed by atoms with Crippen molar-refractivity contribution >= 4 is 30.7 Å². The second-order valence-corrected chi connectivity index (χ2v) is 6.20. The molecule has 8 heteroatoms. The highest BCUT2D eigenvalue weighted by Gasteiger charge is 2.27. The lowest BCUT2D eigenvalue weighted by molar-refractivity contribution is -0.122. The molecular formula is C18H24Cl2FN3O2. The molecule has 1 aromatic carbocycles. The Kier molecular flexibility index (Phi) is 9.05. The molecule has 0 bridgehead atoms. The summed E-state index contributed by atoms with van der Waals surface area (Å²) in [6.07, 6.45) is 5.36. The van der Waals surface area contributed by atoms with E-state index in [9.17, 15) is 9.18 Å². The molecule has 2 atom stereocenters. The number of nitrogens with one attached hydrogen (secondary N) is 1. The molecule has 1 heterocycles. The van der Waals surface area contributed by atoms with Gasteiger partial charge in [0, 0.05) is 18.9 Å². The zero-order valence-electron chi connectivity index (χ0n) is 14.3. The molecule has 26 heavy (non-hydrogen) atoms. The second-order valence-electron chi connectivity index (χ2n) is 6.20. The predicted molar refractivity (Wildman–Crippen MR) is 103 cm³/mol. The van der Waals surface area contributed by atoms with Gasteiger partial charge in [-0.05, 0) is 37.4 Å². The van der Waals surface area contributed by atoms with Crippen LogP contribution in [-0.2, 0) is 11.2 Å². The summed E-state index contributed by atoms with van der Waals surface area (Å²) in [5, 5.41) is 3.05. The number of hydrogen-bond acceptors (Lipinski definition) is 4. The minimum absolute atomic E-state index is 0. The Morgan fingerprint density at radius 2 is 2.08 bits per heavy atom. The number of benzene rings is 1. The third-order valence-electron chi connectivity index (χ3n) is 4.57. The molecule has 1 amide bonds. The minimum atomic E-state index is -0.355. The molecule has 1 aliphatic rings. The van der Waals surface area contributed by atoms with E-state index < -0.39 is 0 Å². The van der Waals surface area contributed by atoms with Crippen LogP contribution in [0, 0.1) is 11.7 Å². The summed E-state index contributed by atoms with van der Waals surface area (Å²) in [6.45, 7) is 0.608. The van der Waals surface area contributed by atoms with E-state index >= 15 is 0 Å². The van der Waals surface area contributed by atoms with Crippen LogP contribution in [0.3, 0.4) is 0 Å². The fourth-order valence-corrected chi connectivity index (χ4v) is 3.22. The van der Waals surface area contributed by atoms with Crippen LogP contribution in [0.1, 0.15) is 31.6 Å². The van der Waals surface area contributed by atoms with Crippen molar-refractivity contribution in [2.75, 3.05) is 6.54 Å². The van der Waals surface area contributed by atoms with E-state index in [4.69, 9.17) is 10.2 Å². The van der Waals surface area contributed by atoms with E-state index in [2.05, 4.69) is 10.3 Å². The molecule has 1 saturated carbocycles. The van der Waals surface area contributed by atoms with Gasteiger partial charge in [0.25, 0.3) is 0 Å². The van der Waals surface area contributed by atoms with Crippen LogP contribution < -0.4 is 11.1 Å². The van der Waals surface area contributed by atoms with Crippen LogP contribution in [0.25, 0.3) is 11.3 Å². The van der Waals surface area contributed by atoms with E-state index in [0.29, 0.717) is 42.5 Å². The Bertz CT molecular complexity index is 711. The van der Waals surface area contributed by atoms with Crippen molar-refractivity contribution < 1.29 is 13.6 Å². The first-order valence-electron chi connectivity index (χ1n) is 8.36. The van der Waals surface area contributed by atoms with E-state index in [1.165, 1.54) is 12.3 Å². The van der Waals surface area contributed by atoms with Crippen molar-refractivity contribution in [2.24, 2.45) is 11.7 Å². The fraction of sp³-hybridized carbons (Fsp3) is 0.444. The molecule has 3 N–H and O–H groups in total. The Morgan fingerprint density at radius 3 is 2.81 bits per heavy atom. The number of oxazole rings is 1. The average Bonchev–Trinajstić information content (AvgIpc) is 3.22. The maximum absolute atomic E-state index is 13.7. The number of amides is 1. The van der Waals surface area contributed by atoms with Crippen LogP contribution in [-0.4, -0.2) is 23.5 Å². The number of carbonyl (C=O) groups is 1. The molecule has 0 spiro atoms. The first-order valence-corrected chi connectivity index (χ1v) is 8.36. The minimum Gasteiger partial charge on any atom is -0.441 e. The molecule has 5 nitrogen and oxygen atoms in total. The van der Waals surface area contributed by atoms with Crippen LogP contribution in [0.5, 0.6) is 0 Å². The van der Waals surface area contributed by atoms with E-state index in [-0.39, 0.29) is 42.6 Å². The first-order chi connectivity index (χ1) is 11.7. The van der Waals surface area contributed by atoms with Gasteiger partial charge in [0.2, 0.25) is 5.91 Å². The first kappa shape index (κ1) is 22.4. The maximum Gasteiger partial charge on any atom is 0.220 e. The zero-order chi connectivity index (χ0) is 16.9. The Morgan fingerprint density at radius 1 is 1.31 bits per heavy atom. The number of nitrogens with zero attached hydrogens (tertiary/aromatic N) is 1. The van der Waals surface area contributed by atoms with Crippen molar-refractivity contribution in [3.8, 4) is 11.3 Å². The molecule has 2 aromatic rings. The SMILES string of the molecule is Cl.Cl.NCC1CCCC1NC(=O)CCc1ncc(-c2ccccc2F)o1. The summed E-state index contributed by atoms with van der Waals surface area (Å²) in [4.78, 5) is 16.2. The molecule has 1 aromatic heterocycles. The number of carbonyl (C=O) groups excluding carboxylic acids is 1. The number of nitrogens with two attached hydrogens (primary N) is 1. The number of aromatic nitrogens is 1. The standard InChI is InChI=1S/C18H22FN3O2.2ClH/c19-14-6-2-1-5-13(14)16-11-21-18(24-16)9-8-17(23)22-15-7-3-4-12(15)10-20;;/h1-2,5-6,11-12,15H,3-4,7-10,20H2,(H,22,23);2*1H. The Balaban J connectivity index is 0.00000169. The summed E-state index contributed by atoms with van der Waals surface area (Å²) in [5.41, 5.74) is 6.10. The normalized spacial score (nSPS) is 18.7. The van der Waals surface area contributed by atoms with Crippen molar-refractivity contribution in [3.63, 3.8) is 0 Å². The smallest absolute Gasteiger partial charge is 0.220 e. The number of rotatable bonds is 6. The van der Waals surface area contributed by atoms with Crippen LogP contribution in [0.15, 0.2) is 34.9 Å². The molecular weight excluding hydrogens is 380 g/mol. The number of hydrogen-bond donors (Lipinski definition) is 2. The lowest BCUT2D eigenvalue weighted by atomic mass is 10.0. The summed E-state index contributed by atoms with van der Waals surface area (Å²) in [6, 6.07) is 6.56. The topological polar surface area (TPSA) is 81.1 Å². The fourth-order valence-electron chi connectivity index (χ4n) is 3.22. The van der Waals surface area contributed by atoms with Gasteiger partial charge in [0.05, 0.1) is 11.8 Å². The quantitative estimate of drug-likeness (QED) is 0.772. The van der Waals surface area contributed by atoms with E-state index in [1.807, 2.05) is 0 Å². The summed E-state index contributed by atoms with van der Waals surface area (Å²) in [5.74, 6) is 0.814. The van der Waals surface area contributed by atoms with Crippen LogP contribution in [0.4, 0.5) is 4.39 Å². The highest BCUT2D eigenvalue weighted by molar-refractivity contribution is 5.85. The van der Waals surface area contributed by atoms with Crippen molar-refractivity contribution in [1.29, 1.82) is 0 Å². The number of halogens is 3. The summed E-state index contributed by atoms with van der Waals surface area (Å²) >= 11 is 0. The predicted octanol–water partition coefficient (Wildman–Crippen LogP) is 3.50. The second kappa shape index (κ2) is 10.5. The molecule has 3 rings (SSSR count). The molecule has 1 aliphatic carbocycles. The molecule has 144 valence electrons. The lowest BCUT2D eigenvalue weighted by Crippen LogP contribution is -2.39. The van der Waals surface area contributed by atoms with Gasteiger partial charge in [-0.1, -0.05) is 18.6 Å². The van der Waals surface area contributed by atoms with E-state index in [1.54, 1.807) is 18.2 Å². The van der Waals surface area contributed by atoms with Gasteiger partial charge in [-0.15, -0.1) is 24.8 Å². The van der Waals surface area contributed by atoms with Gasteiger partial charge in [-0.3, -0.25) is 4.79 Å². The Labute approximate surface area is 164 Å². The zero-order valence-corrected chi connectivity index (χ0v) is 16.0. The molecule has 2 unspecified atom stereocenters. The molecule has 0 saturated heterocycles. The highest BCUT2D eigenvalue weighted by Crippen LogP contribution is 2.25. The van der Waals surface area contributed by atoms with Gasteiger partial charge < -0.3 is 15.5 Å². The summed E-state index contributed by atoms with van der Waals surface area (Å²) < 4.78 is 19.3. The monoisotopic (exact) mass is 403 g/mol. The van der Waals surface area contributed by atoms with Crippen molar-refractivity contribution in [1.82, 2.24) is 10.3 Å².